The highest BCUT2D eigenvalue weighted by Crippen LogP contribution is 2.27. The molecule has 1 saturated carbocycles. The molecule has 1 saturated heterocycles. The first-order valence-electron chi connectivity index (χ1n) is 10.4. The summed E-state index contributed by atoms with van der Waals surface area (Å²) in [5, 5.41) is 6.24. The Hall–Kier alpha value is -2.64. The molecule has 7 heteroatoms. The maximum absolute atomic E-state index is 12.6. The molecule has 150 valence electrons. The number of aryl methyl sites for hydroxylation is 1. The average molecular weight is 390 g/mol. The van der Waals surface area contributed by atoms with Crippen LogP contribution in [0.1, 0.15) is 18.5 Å². The van der Waals surface area contributed by atoms with Crippen molar-refractivity contribution in [1.82, 2.24) is 29.5 Å². The van der Waals surface area contributed by atoms with Gasteiger partial charge in [-0.25, -0.2) is 0 Å². The molecule has 0 unspecified atom stereocenters. The first-order valence-corrected chi connectivity index (χ1v) is 10.4. The Labute approximate surface area is 170 Å². The van der Waals surface area contributed by atoms with Crippen molar-refractivity contribution in [2.45, 2.75) is 25.3 Å². The molecule has 0 aromatic carbocycles. The van der Waals surface area contributed by atoms with Crippen molar-refractivity contribution in [1.29, 1.82) is 0 Å². The van der Waals surface area contributed by atoms with Crippen LogP contribution in [0.2, 0.25) is 0 Å². The minimum atomic E-state index is 0.235. The highest BCUT2D eigenvalue weighted by Gasteiger charge is 2.31. The van der Waals surface area contributed by atoms with E-state index in [4.69, 9.17) is 0 Å². The lowest BCUT2D eigenvalue weighted by Crippen LogP contribution is -2.48. The second-order valence-electron chi connectivity index (χ2n) is 8.25. The molecule has 0 amide bonds. The number of pyridine rings is 2. The number of rotatable bonds is 6. The summed E-state index contributed by atoms with van der Waals surface area (Å²) in [6.07, 6.45) is 10.5. The lowest BCUT2D eigenvalue weighted by atomic mass is 10.1. The molecule has 1 aliphatic carbocycles. The Morgan fingerprint density at radius 3 is 2.55 bits per heavy atom. The monoisotopic (exact) mass is 390 g/mol. The first kappa shape index (κ1) is 18.4. The van der Waals surface area contributed by atoms with Crippen molar-refractivity contribution in [2.75, 3.05) is 32.7 Å². The van der Waals surface area contributed by atoms with Gasteiger partial charge in [-0.3, -0.25) is 29.2 Å². The van der Waals surface area contributed by atoms with E-state index in [1.54, 1.807) is 4.68 Å². The molecule has 2 fully saturated rings. The van der Waals surface area contributed by atoms with Crippen LogP contribution in [0.4, 0.5) is 0 Å². The third kappa shape index (κ3) is 4.21. The van der Waals surface area contributed by atoms with E-state index in [0.29, 0.717) is 13.0 Å². The van der Waals surface area contributed by atoms with Crippen LogP contribution in [0, 0.1) is 0 Å². The summed E-state index contributed by atoms with van der Waals surface area (Å²) < 4.78 is 1.77. The number of carbonyl (C=O) groups is 1. The van der Waals surface area contributed by atoms with Crippen LogP contribution in [0.15, 0.2) is 36.9 Å². The lowest BCUT2D eigenvalue weighted by Gasteiger charge is -2.34. The summed E-state index contributed by atoms with van der Waals surface area (Å²) >= 11 is 0. The van der Waals surface area contributed by atoms with Gasteiger partial charge >= 0.3 is 0 Å². The number of hydrogen-bond donors (Lipinski definition) is 0. The zero-order valence-corrected chi connectivity index (χ0v) is 16.8. The topological polar surface area (TPSA) is 67.2 Å². The van der Waals surface area contributed by atoms with E-state index >= 15 is 0 Å². The van der Waals surface area contributed by atoms with Gasteiger partial charge in [-0.15, -0.1) is 0 Å². The highest BCUT2D eigenvalue weighted by molar-refractivity contribution is 5.87. The summed E-state index contributed by atoms with van der Waals surface area (Å²) in [6, 6.07) is 4.87. The molecule has 3 aromatic rings. The molecule has 1 aliphatic heterocycles. The Balaban J connectivity index is 1.24. The standard InChI is InChI=1S/C22H26N6O/c1-26-14-18(13-25-26)22-9-16-8-19(23-11-17(16)12-24-22)10-21(29)15-27-4-6-28(7-5-27)20-2-3-20/h8-9,11-14,20H,2-7,10,15H2,1H3. The minimum Gasteiger partial charge on any atom is -0.298 e. The SMILES string of the molecule is Cn1cc(-c2cc3cc(CC(=O)CN4CCN(C5CC5)CC4)ncc3cn2)cn1. The molecule has 2 aliphatic rings. The van der Waals surface area contributed by atoms with Gasteiger partial charge in [0.05, 0.1) is 24.9 Å². The number of aromatic nitrogens is 4. The van der Waals surface area contributed by atoms with Gasteiger partial charge in [0, 0.05) is 74.5 Å². The molecular formula is C22H26N6O. The Morgan fingerprint density at radius 1 is 1.03 bits per heavy atom. The molecule has 0 radical (unpaired) electrons. The Morgan fingerprint density at radius 2 is 1.83 bits per heavy atom. The van der Waals surface area contributed by atoms with Crippen LogP contribution >= 0.6 is 0 Å². The predicted octanol–water partition coefficient (Wildman–Crippen LogP) is 1.92. The maximum atomic E-state index is 12.6. The van der Waals surface area contributed by atoms with Crippen LogP contribution in [0.25, 0.3) is 22.0 Å². The van der Waals surface area contributed by atoms with E-state index in [0.717, 1.165) is 59.9 Å². The highest BCUT2D eigenvalue weighted by atomic mass is 16.1. The van der Waals surface area contributed by atoms with Crippen LogP contribution < -0.4 is 0 Å². The summed E-state index contributed by atoms with van der Waals surface area (Å²) in [6.45, 7) is 4.70. The van der Waals surface area contributed by atoms with E-state index in [1.807, 2.05) is 44.0 Å². The smallest absolute Gasteiger partial charge is 0.152 e. The number of Topliss-reactive ketones (excluding diaryl/α,β-unsaturated/α-hetero) is 1. The van der Waals surface area contributed by atoms with E-state index in [-0.39, 0.29) is 5.78 Å². The normalized spacial score (nSPS) is 18.4. The quantitative estimate of drug-likeness (QED) is 0.641. The largest absolute Gasteiger partial charge is 0.298 e. The van der Waals surface area contributed by atoms with Crippen LogP contribution in [-0.4, -0.2) is 74.1 Å². The molecular weight excluding hydrogens is 364 g/mol. The minimum absolute atomic E-state index is 0.235. The number of carbonyl (C=O) groups excluding carboxylic acids is 1. The number of hydrogen-bond acceptors (Lipinski definition) is 6. The molecule has 0 atom stereocenters. The zero-order chi connectivity index (χ0) is 19.8. The fourth-order valence-corrected chi connectivity index (χ4v) is 4.13. The average Bonchev–Trinajstić information content (AvgIpc) is 3.48. The molecule has 5 rings (SSSR count). The fourth-order valence-electron chi connectivity index (χ4n) is 4.13. The van der Waals surface area contributed by atoms with Gasteiger partial charge in [-0.1, -0.05) is 0 Å². The van der Waals surface area contributed by atoms with Crippen molar-refractivity contribution >= 4 is 16.6 Å². The maximum Gasteiger partial charge on any atom is 0.152 e. The summed E-state index contributed by atoms with van der Waals surface area (Å²) in [5.74, 6) is 0.235. The van der Waals surface area contributed by atoms with E-state index in [1.165, 1.54) is 12.8 Å². The summed E-state index contributed by atoms with van der Waals surface area (Å²) in [4.78, 5) is 26.5. The van der Waals surface area contributed by atoms with Crippen molar-refractivity contribution in [3.05, 3.63) is 42.6 Å². The fraction of sp³-hybridized carbons (Fsp3) is 0.455. The molecule has 3 aromatic heterocycles. The van der Waals surface area contributed by atoms with Gasteiger partial charge in [0.25, 0.3) is 0 Å². The van der Waals surface area contributed by atoms with Crippen molar-refractivity contribution in [3.8, 4) is 11.3 Å². The summed E-state index contributed by atoms with van der Waals surface area (Å²) in [7, 11) is 1.89. The zero-order valence-electron chi connectivity index (χ0n) is 16.8. The van der Waals surface area contributed by atoms with Crippen molar-refractivity contribution in [2.24, 2.45) is 7.05 Å². The van der Waals surface area contributed by atoms with E-state index in [2.05, 4.69) is 24.9 Å². The molecule has 0 spiro atoms. The number of fused-ring (bicyclic) bond motifs is 1. The Bertz CT molecular complexity index is 1030. The third-order valence-corrected chi connectivity index (χ3v) is 5.91. The van der Waals surface area contributed by atoms with Crippen LogP contribution in [0.3, 0.4) is 0 Å². The molecule has 4 heterocycles. The van der Waals surface area contributed by atoms with Gasteiger partial charge in [-0.2, -0.15) is 5.10 Å². The first-order chi connectivity index (χ1) is 14.1. The molecule has 29 heavy (non-hydrogen) atoms. The van der Waals surface area contributed by atoms with Crippen molar-refractivity contribution in [3.63, 3.8) is 0 Å². The van der Waals surface area contributed by atoms with Crippen LogP contribution in [0.5, 0.6) is 0 Å². The summed E-state index contributed by atoms with van der Waals surface area (Å²) in [5.41, 5.74) is 2.68. The number of nitrogens with zero attached hydrogens (tertiary/aromatic N) is 6. The van der Waals surface area contributed by atoms with Crippen molar-refractivity contribution < 1.29 is 4.79 Å². The third-order valence-electron chi connectivity index (χ3n) is 5.91. The molecule has 7 nitrogen and oxygen atoms in total. The Kier molecular flexibility index (Phi) is 4.85. The lowest BCUT2D eigenvalue weighted by molar-refractivity contribution is -0.120. The molecule has 0 N–H and O–H groups in total. The van der Waals surface area contributed by atoms with Crippen LogP contribution in [-0.2, 0) is 18.3 Å². The predicted molar refractivity (Wildman–Crippen MR) is 111 cm³/mol. The van der Waals surface area contributed by atoms with E-state index < -0.39 is 0 Å². The number of ketones is 1. The van der Waals surface area contributed by atoms with Gasteiger partial charge in [0.1, 0.15) is 0 Å². The van der Waals surface area contributed by atoms with E-state index in [9.17, 15) is 4.79 Å². The molecule has 0 bridgehead atoms. The van der Waals surface area contributed by atoms with Gasteiger partial charge < -0.3 is 0 Å². The van der Waals surface area contributed by atoms with Gasteiger partial charge in [0.2, 0.25) is 0 Å². The van der Waals surface area contributed by atoms with Gasteiger partial charge in [-0.05, 0) is 30.4 Å². The second kappa shape index (κ2) is 7.65. The van der Waals surface area contributed by atoms with Gasteiger partial charge in [0.15, 0.2) is 5.78 Å². The number of piperazine rings is 1. The second-order valence-corrected chi connectivity index (χ2v) is 8.25.